The van der Waals surface area contributed by atoms with Crippen LogP contribution in [0.4, 0.5) is 20.7 Å². The molecule has 2 fully saturated rings. The number of nitrogens with one attached hydrogen (secondary N) is 1. The first-order valence-corrected chi connectivity index (χ1v) is 11.3. The SMILES string of the molecule is CC(C)COC(=O)N1[C@H]2CC[C@H]1CC(Oc1ncnc(Nc3ccc(C#N)cc3Cl)c1F)C2. The number of anilines is 2. The zero-order valence-electron chi connectivity index (χ0n) is 18.4. The summed E-state index contributed by atoms with van der Waals surface area (Å²) in [5.41, 5.74) is 0.803. The standard InChI is InChI=1S/C23H25ClFN5O3/c1-13(2)11-32-23(31)30-15-4-5-16(30)9-17(8-15)33-22-20(25)21(27-12-28-22)29-19-6-3-14(10-26)7-18(19)24/h3,6-7,12-13,15-17H,4-5,8-9,11H2,1-2H3,(H,27,28,29)/t15-,16-/m0/s1. The monoisotopic (exact) mass is 473 g/mol. The van der Waals surface area contributed by atoms with Crippen LogP contribution >= 0.6 is 11.6 Å². The Labute approximate surface area is 196 Å². The summed E-state index contributed by atoms with van der Waals surface area (Å²) < 4.78 is 26.4. The molecule has 1 aromatic heterocycles. The summed E-state index contributed by atoms with van der Waals surface area (Å²) in [6.45, 7) is 4.38. The maximum absolute atomic E-state index is 15.1. The number of fused-ring (bicyclic) bond motifs is 2. The van der Waals surface area contributed by atoms with E-state index in [1.807, 2.05) is 24.8 Å². The van der Waals surface area contributed by atoms with Gasteiger partial charge in [-0.05, 0) is 37.0 Å². The van der Waals surface area contributed by atoms with Crippen LogP contribution < -0.4 is 10.1 Å². The van der Waals surface area contributed by atoms with Gasteiger partial charge in [0.05, 0.1) is 28.9 Å². The Hall–Kier alpha value is -3.12. The highest BCUT2D eigenvalue weighted by molar-refractivity contribution is 6.33. The Kier molecular flexibility index (Phi) is 6.84. The second-order valence-electron chi connectivity index (χ2n) is 8.75. The van der Waals surface area contributed by atoms with Crippen molar-refractivity contribution >= 4 is 29.2 Å². The number of ether oxygens (including phenoxy) is 2. The molecular formula is C23H25ClFN5O3. The summed E-state index contributed by atoms with van der Waals surface area (Å²) in [4.78, 5) is 22.3. The largest absolute Gasteiger partial charge is 0.472 e. The van der Waals surface area contributed by atoms with Crippen LogP contribution in [0.1, 0.15) is 45.1 Å². The van der Waals surface area contributed by atoms with E-state index >= 15 is 4.39 Å². The number of rotatable bonds is 6. The Morgan fingerprint density at radius 1 is 1.33 bits per heavy atom. The summed E-state index contributed by atoms with van der Waals surface area (Å²) in [6, 6.07) is 6.64. The number of piperidine rings is 1. The molecule has 0 spiro atoms. The number of amides is 1. The van der Waals surface area contributed by atoms with E-state index in [-0.39, 0.29) is 46.9 Å². The summed E-state index contributed by atoms with van der Waals surface area (Å²) in [5.74, 6) is -0.694. The first-order valence-electron chi connectivity index (χ1n) is 10.9. The van der Waals surface area contributed by atoms with Crippen LogP contribution in [0.3, 0.4) is 0 Å². The van der Waals surface area contributed by atoms with Gasteiger partial charge in [-0.3, -0.25) is 0 Å². The summed E-state index contributed by atoms with van der Waals surface area (Å²) in [5, 5.41) is 12.1. The molecule has 2 aliphatic heterocycles. The number of benzene rings is 1. The number of nitrogens with zero attached hydrogens (tertiary/aromatic N) is 4. The fraction of sp³-hybridized carbons (Fsp3) is 0.478. The minimum Gasteiger partial charge on any atom is -0.472 e. The lowest BCUT2D eigenvalue weighted by atomic mass is 10.0. The molecule has 3 heterocycles. The van der Waals surface area contributed by atoms with Crippen LogP contribution in [-0.2, 0) is 4.74 Å². The predicted molar refractivity (Wildman–Crippen MR) is 120 cm³/mol. The molecule has 0 unspecified atom stereocenters. The van der Waals surface area contributed by atoms with Crippen LogP contribution in [0, 0.1) is 23.1 Å². The normalized spacial score (nSPS) is 21.6. The Morgan fingerprint density at radius 2 is 2.06 bits per heavy atom. The molecule has 2 atom stereocenters. The third-order valence-electron chi connectivity index (χ3n) is 5.83. The van der Waals surface area contributed by atoms with Crippen molar-refractivity contribution in [3.05, 3.63) is 40.9 Å². The van der Waals surface area contributed by atoms with E-state index in [1.165, 1.54) is 12.4 Å². The Balaban J connectivity index is 1.43. The topological polar surface area (TPSA) is 100 Å². The molecule has 2 aromatic rings. The zero-order valence-corrected chi connectivity index (χ0v) is 19.2. The summed E-state index contributed by atoms with van der Waals surface area (Å²) in [7, 11) is 0. The van der Waals surface area contributed by atoms with Gasteiger partial charge in [-0.1, -0.05) is 25.4 Å². The third-order valence-corrected chi connectivity index (χ3v) is 6.14. The quantitative estimate of drug-likeness (QED) is 0.626. The van der Waals surface area contributed by atoms with Crippen molar-refractivity contribution in [2.24, 2.45) is 5.92 Å². The van der Waals surface area contributed by atoms with Crippen LogP contribution in [0.5, 0.6) is 5.88 Å². The van der Waals surface area contributed by atoms with Gasteiger partial charge >= 0.3 is 6.09 Å². The molecule has 33 heavy (non-hydrogen) atoms. The second kappa shape index (κ2) is 9.79. The van der Waals surface area contributed by atoms with Gasteiger partial charge in [0.2, 0.25) is 5.82 Å². The number of nitriles is 1. The smallest absolute Gasteiger partial charge is 0.410 e. The van der Waals surface area contributed by atoms with E-state index in [0.717, 1.165) is 12.8 Å². The minimum absolute atomic E-state index is 0.00774. The third kappa shape index (κ3) is 5.11. The number of hydrogen-bond acceptors (Lipinski definition) is 7. The minimum atomic E-state index is -0.732. The number of aromatic nitrogens is 2. The first kappa shape index (κ1) is 23.1. The van der Waals surface area contributed by atoms with Crippen LogP contribution in [-0.4, -0.2) is 45.8 Å². The molecule has 1 N–H and O–H groups in total. The number of carbonyl (C=O) groups excluding carboxylic acids is 1. The fourth-order valence-electron chi connectivity index (χ4n) is 4.33. The molecule has 2 saturated heterocycles. The van der Waals surface area contributed by atoms with Crippen molar-refractivity contribution in [2.45, 2.75) is 57.7 Å². The van der Waals surface area contributed by atoms with Crippen molar-refractivity contribution in [1.29, 1.82) is 5.26 Å². The van der Waals surface area contributed by atoms with Crippen LogP contribution in [0.2, 0.25) is 5.02 Å². The first-order chi connectivity index (χ1) is 15.9. The van der Waals surface area contributed by atoms with E-state index in [0.29, 0.717) is 30.7 Å². The highest BCUT2D eigenvalue weighted by Gasteiger charge is 2.45. The zero-order chi connectivity index (χ0) is 23.5. The Morgan fingerprint density at radius 3 is 2.70 bits per heavy atom. The van der Waals surface area contributed by atoms with Gasteiger partial charge in [-0.25, -0.2) is 9.78 Å². The van der Waals surface area contributed by atoms with Crippen molar-refractivity contribution in [2.75, 3.05) is 11.9 Å². The number of carbonyl (C=O) groups is 1. The van der Waals surface area contributed by atoms with E-state index < -0.39 is 5.82 Å². The molecule has 0 aliphatic carbocycles. The maximum atomic E-state index is 15.1. The fourth-order valence-corrected chi connectivity index (χ4v) is 4.56. The van der Waals surface area contributed by atoms with Gasteiger partial charge < -0.3 is 19.7 Å². The number of halogens is 2. The second-order valence-corrected chi connectivity index (χ2v) is 9.15. The lowest BCUT2D eigenvalue weighted by Crippen LogP contribution is -2.49. The van der Waals surface area contributed by atoms with Crippen LogP contribution in [0.25, 0.3) is 0 Å². The summed E-state index contributed by atoms with van der Waals surface area (Å²) >= 11 is 6.17. The van der Waals surface area contributed by atoms with Crippen LogP contribution in [0.15, 0.2) is 24.5 Å². The van der Waals surface area contributed by atoms with Crippen molar-refractivity contribution in [1.82, 2.24) is 14.9 Å². The average molecular weight is 474 g/mol. The average Bonchev–Trinajstić information content (AvgIpc) is 3.06. The predicted octanol–water partition coefficient (Wildman–Crippen LogP) is 5.05. The highest BCUT2D eigenvalue weighted by atomic mass is 35.5. The Bertz CT molecular complexity index is 1060. The molecule has 0 saturated carbocycles. The maximum Gasteiger partial charge on any atom is 0.410 e. The van der Waals surface area contributed by atoms with Crippen molar-refractivity contribution in [3.63, 3.8) is 0 Å². The van der Waals surface area contributed by atoms with Gasteiger partial charge in [0.1, 0.15) is 12.4 Å². The molecule has 174 valence electrons. The molecule has 8 nitrogen and oxygen atoms in total. The molecular weight excluding hydrogens is 449 g/mol. The number of hydrogen-bond donors (Lipinski definition) is 1. The van der Waals surface area contributed by atoms with E-state index in [1.54, 1.807) is 12.1 Å². The molecule has 0 radical (unpaired) electrons. The van der Waals surface area contributed by atoms with E-state index in [9.17, 15) is 4.79 Å². The molecule has 4 rings (SSSR count). The van der Waals surface area contributed by atoms with Gasteiger partial charge in [-0.15, -0.1) is 0 Å². The lowest BCUT2D eigenvalue weighted by molar-refractivity contribution is 0.0269. The van der Waals surface area contributed by atoms with Gasteiger partial charge in [0.25, 0.3) is 5.88 Å². The van der Waals surface area contributed by atoms with Gasteiger partial charge in [0.15, 0.2) is 5.82 Å². The molecule has 2 bridgehead atoms. The van der Waals surface area contributed by atoms with E-state index in [4.69, 9.17) is 26.3 Å². The molecule has 10 heteroatoms. The van der Waals surface area contributed by atoms with Gasteiger partial charge in [0, 0.05) is 24.9 Å². The molecule has 2 aliphatic rings. The van der Waals surface area contributed by atoms with E-state index in [2.05, 4.69) is 15.3 Å². The molecule has 1 aromatic carbocycles. The highest BCUT2D eigenvalue weighted by Crippen LogP contribution is 2.38. The van der Waals surface area contributed by atoms with Crippen molar-refractivity contribution < 1.29 is 18.7 Å². The van der Waals surface area contributed by atoms with Crippen molar-refractivity contribution in [3.8, 4) is 11.9 Å². The molecule has 1 amide bonds. The lowest BCUT2D eigenvalue weighted by Gasteiger charge is -2.38. The summed E-state index contributed by atoms with van der Waals surface area (Å²) in [6.07, 6.45) is 3.57. The van der Waals surface area contributed by atoms with Gasteiger partial charge in [-0.2, -0.15) is 14.6 Å².